The summed E-state index contributed by atoms with van der Waals surface area (Å²) < 4.78 is 1.03. The number of fused-ring (bicyclic) bond motifs is 1. The zero-order chi connectivity index (χ0) is 15.7. The molecule has 1 amide bonds. The van der Waals surface area contributed by atoms with E-state index in [1.807, 2.05) is 6.07 Å². The molecule has 0 saturated carbocycles. The first-order valence-corrected chi connectivity index (χ1v) is 7.98. The molecule has 0 atom stereocenters. The molecule has 22 heavy (non-hydrogen) atoms. The number of rotatable bonds is 3. The molecule has 2 N–H and O–H groups in total. The normalized spacial score (nSPS) is 11.1. The van der Waals surface area contributed by atoms with Crippen LogP contribution in [0, 0.1) is 0 Å². The van der Waals surface area contributed by atoms with Crippen molar-refractivity contribution in [2.24, 2.45) is 0 Å². The van der Waals surface area contributed by atoms with E-state index in [4.69, 9.17) is 5.21 Å². The highest BCUT2D eigenvalue weighted by atomic mass is 32.1. The molecule has 4 heteroatoms. The lowest BCUT2D eigenvalue weighted by Crippen LogP contribution is -2.18. The number of carbonyl (C=O) groups excluding carboxylic acids is 1. The molecule has 0 aliphatic rings. The van der Waals surface area contributed by atoms with Gasteiger partial charge in [0, 0.05) is 15.1 Å². The lowest BCUT2D eigenvalue weighted by molar-refractivity contribution is 0.0706. The van der Waals surface area contributed by atoms with Gasteiger partial charge in [0.15, 0.2) is 0 Å². The number of hydrogen-bond acceptors (Lipinski definition) is 3. The molecule has 0 aliphatic carbocycles. The van der Waals surface area contributed by atoms with Crippen LogP contribution in [0.15, 0.2) is 48.5 Å². The van der Waals surface area contributed by atoms with Gasteiger partial charge < -0.3 is 0 Å². The lowest BCUT2D eigenvalue weighted by atomic mass is 10.0. The smallest absolute Gasteiger partial charge is 0.274 e. The van der Waals surface area contributed by atoms with Gasteiger partial charge in [0.25, 0.3) is 5.91 Å². The van der Waals surface area contributed by atoms with Gasteiger partial charge in [-0.1, -0.05) is 44.2 Å². The maximum absolute atomic E-state index is 11.5. The van der Waals surface area contributed by atoms with Crippen molar-refractivity contribution in [2.75, 3.05) is 0 Å². The van der Waals surface area contributed by atoms with Crippen molar-refractivity contribution in [1.82, 2.24) is 5.48 Å². The zero-order valence-electron chi connectivity index (χ0n) is 12.5. The Bertz CT molecular complexity index is 819. The number of carbonyl (C=O) groups is 1. The topological polar surface area (TPSA) is 49.3 Å². The average Bonchev–Trinajstić information content (AvgIpc) is 2.97. The third-order valence-electron chi connectivity index (χ3n) is 3.75. The predicted octanol–water partition coefficient (Wildman–Crippen LogP) is 4.81. The van der Waals surface area contributed by atoms with Gasteiger partial charge in [-0.3, -0.25) is 10.0 Å². The van der Waals surface area contributed by atoms with Crippen LogP contribution in [0.1, 0.15) is 35.7 Å². The van der Waals surface area contributed by atoms with Crippen LogP contribution < -0.4 is 5.48 Å². The number of nitrogens with one attached hydrogen (secondary N) is 1. The molecule has 0 fully saturated rings. The van der Waals surface area contributed by atoms with Crippen LogP contribution in [0.2, 0.25) is 0 Å². The predicted molar refractivity (Wildman–Crippen MR) is 90.6 cm³/mol. The summed E-state index contributed by atoms with van der Waals surface area (Å²) in [7, 11) is 0. The van der Waals surface area contributed by atoms with Crippen molar-refractivity contribution in [3.05, 3.63) is 59.7 Å². The Morgan fingerprint density at radius 2 is 1.82 bits per heavy atom. The Labute approximate surface area is 133 Å². The monoisotopic (exact) mass is 311 g/mol. The third-order valence-corrected chi connectivity index (χ3v) is 4.89. The van der Waals surface area contributed by atoms with Crippen molar-refractivity contribution in [3.8, 4) is 10.4 Å². The van der Waals surface area contributed by atoms with Crippen molar-refractivity contribution in [1.29, 1.82) is 0 Å². The van der Waals surface area contributed by atoms with Crippen LogP contribution in [-0.2, 0) is 0 Å². The van der Waals surface area contributed by atoms with E-state index >= 15 is 0 Å². The highest BCUT2D eigenvalue weighted by Crippen LogP contribution is 2.34. The lowest BCUT2D eigenvalue weighted by Gasteiger charge is -2.05. The minimum atomic E-state index is -0.488. The van der Waals surface area contributed by atoms with Crippen molar-refractivity contribution in [3.63, 3.8) is 0 Å². The highest BCUT2D eigenvalue weighted by molar-refractivity contribution is 7.22. The second-order valence-electron chi connectivity index (χ2n) is 5.58. The van der Waals surface area contributed by atoms with Gasteiger partial charge >= 0.3 is 0 Å². The van der Waals surface area contributed by atoms with E-state index in [0.29, 0.717) is 11.5 Å². The van der Waals surface area contributed by atoms with Gasteiger partial charge in [-0.05, 0) is 40.6 Å². The fourth-order valence-electron chi connectivity index (χ4n) is 2.41. The van der Waals surface area contributed by atoms with Crippen LogP contribution in [0.5, 0.6) is 0 Å². The number of hydroxylamine groups is 1. The standard InChI is InChI=1S/C18H17NO2S/c1-11(2)12-3-5-13(6-4-12)16-9-14-7-8-15(18(20)19-21)10-17(14)22-16/h3-11,21H,1-2H3,(H,19,20). The number of amides is 1. The Hall–Kier alpha value is -2.17. The van der Waals surface area contributed by atoms with Gasteiger partial charge in [-0.15, -0.1) is 11.3 Å². The molecule has 0 bridgehead atoms. The minimum absolute atomic E-state index is 0.457. The molecule has 1 aromatic heterocycles. The first kappa shape index (κ1) is 14.8. The number of hydrogen-bond donors (Lipinski definition) is 2. The zero-order valence-corrected chi connectivity index (χ0v) is 13.3. The van der Waals surface area contributed by atoms with Gasteiger partial charge in [-0.25, -0.2) is 5.48 Å². The summed E-state index contributed by atoms with van der Waals surface area (Å²) in [4.78, 5) is 12.7. The molecule has 0 saturated heterocycles. The van der Waals surface area contributed by atoms with Crippen LogP contribution >= 0.6 is 11.3 Å². The highest BCUT2D eigenvalue weighted by Gasteiger charge is 2.09. The first-order valence-electron chi connectivity index (χ1n) is 7.17. The van der Waals surface area contributed by atoms with Crippen LogP contribution in [0.3, 0.4) is 0 Å². The SMILES string of the molecule is CC(C)c1ccc(-c2cc3ccc(C(=O)NO)cc3s2)cc1. The maximum atomic E-state index is 11.5. The second-order valence-corrected chi connectivity index (χ2v) is 6.66. The molecule has 112 valence electrons. The molecular weight excluding hydrogens is 294 g/mol. The first-order chi connectivity index (χ1) is 10.6. The molecule has 0 spiro atoms. The molecule has 3 nitrogen and oxygen atoms in total. The molecule has 0 unspecified atom stereocenters. The molecule has 3 aromatic rings. The summed E-state index contributed by atoms with van der Waals surface area (Å²) >= 11 is 1.65. The van der Waals surface area contributed by atoms with E-state index in [2.05, 4.69) is 44.2 Å². The van der Waals surface area contributed by atoms with E-state index in [1.54, 1.807) is 28.9 Å². The van der Waals surface area contributed by atoms with Crippen molar-refractivity contribution in [2.45, 2.75) is 19.8 Å². The molecule has 1 heterocycles. The van der Waals surface area contributed by atoms with Crippen LogP contribution in [0.25, 0.3) is 20.5 Å². The van der Waals surface area contributed by atoms with E-state index in [9.17, 15) is 4.79 Å². The van der Waals surface area contributed by atoms with Crippen LogP contribution in [-0.4, -0.2) is 11.1 Å². The average molecular weight is 311 g/mol. The van der Waals surface area contributed by atoms with Gasteiger partial charge in [0.05, 0.1) is 0 Å². The molecular formula is C18H17NO2S. The fraction of sp³-hybridized carbons (Fsp3) is 0.167. The largest absolute Gasteiger partial charge is 0.288 e. The number of benzene rings is 2. The summed E-state index contributed by atoms with van der Waals surface area (Å²) in [5.41, 5.74) is 4.63. The molecule has 0 radical (unpaired) electrons. The summed E-state index contributed by atoms with van der Waals surface area (Å²) in [6.07, 6.45) is 0. The Morgan fingerprint density at radius 3 is 2.45 bits per heavy atom. The Balaban J connectivity index is 1.99. The van der Waals surface area contributed by atoms with E-state index in [0.717, 1.165) is 10.1 Å². The minimum Gasteiger partial charge on any atom is -0.288 e. The Kier molecular flexibility index (Phi) is 3.96. The van der Waals surface area contributed by atoms with Gasteiger partial charge in [0.1, 0.15) is 0 Å². The van der Waals surface area contributed by atoms with Gasteiger partial charge in [-0.2, -0.15) is 0 Å². The Morgan fingerprint density at radius 1 is 1.09 bits per heavy atom. The van der Waals surface area contributed by atoms with E-state index in [-0.39, 0.29) is 0 Å². The van der Waals surface area contributed by atoms with E-state index in [1.165, 1.54) is 16.0 Å². The quantitative estimate of drug-likeness (QED) is 0.538. The van der Waals surface area contributed by atoms with Crippen LogP contribution in [0.4, 0.5) is 0 Å². The van der Waals surface area contributed by atoms with E-state index < -0.39 is 5.91 Å². The molecule has 0 aliphatic heterocycles. The number of thiophene rings is 1. The molecule has 3 rings (SSSR count). The summed E-state index contributed by atoms with van der Waals surface area (Å²) in [6, 6.07) is 16.2. The summed E-state index contributed by atoms with van der Waals surface area (Å²) in [6.45, 7) is 4.37. The second kappa shape index (κ2) is 5.91. The molecule has 2 aromatic carbocycles. The summed E-state index contributed by atoms with van der Waals surface area (Å²) in [5.74, 6) is 0.0362. The third kappa shape index (κ3) is 2.75. The van der Waals surface area contributed by atoms with Crippen molar-refractivity contribution >= 4 is 27.3 Å². The summed E-state index contributed by atoms with van der Waals surface area (Å²) in [5, 5.41) is 9.82. The van der Waals surface area contributed by atoms with Gasteiger partial charge in [0.2, 0.25) is 0 Å². The van der Waals surface area contributed by atoms with Crippen molar-refractivity contribution < 1.29 is 10.0 Å². The fourth-order valence-corrected chi connectivity index (χ4v) is 3.52. The maximum Gasteiger partial charge on any atom is 0.274 e.